The normalized spacial score (nSPS) is 12.7. The van der Waals surface area contributed by atoms with Crippen LogP contribution in [-0.2, 0) is 4.65 Å². The van der Waals surface area contributed by atoms with Crippen molar-refractivity contribution in [2.45, 2.75) is 38.9 Å². The molecule has 0 fully saturated rings. The minimum absolute atomic E-state index is 0.646. The summed E-state index contributed by atoms with van der Waals surface area (Å²) in [5.74, 6) is 0. The Morgan fingerprint density at radius 1 is 1.10 bits per heavy atom. The second-order valence-corrected chi connectivity index (χ2v) is 5.96. The van der Waals surface area contributed by atoms with E-state index in [1.54, 1.807) is 40.0 Å². The fourth-order valence-corrected chi connectivity index (χ4v) is 1.82. The van der Waals surface area contributed by atoms with E-state index in [0.717, 1.165) is 10.9 Å². The molecule has 0 radical (unpaired) electrons. The number of hydrogen-bond donors (Lipinski definition) is 2. The summed E-state index contributed by atoms with van der Waals surface area (Å²) in [4.78, 5) is 4.25. The predicted octanol–water partition coefficient (Wildman–Crippen LogP) is 1.49. The predicted molar refractivity (Wildman–Crippen MR) is 80.8 cm³/mol. The Morgan fingerprint density at radius 3 is 2.40 bits per heavy atom. The molecule has 1 aromatic heterocycles. The van der Waals surface area contributed by atoms with Crippen LogP contribution in [0.25, 0.3) is 10.9 Å². The van der Waals surface area contributed by atoms with E-state index in [2.05, 4.69) is 4.98 Å². The van der Waals surface area contributed by atoms with Crippen LogP contribution in [0.5, 0.6) is 0 Å². The molecule has 1 heterocycles. The SMILES string of the molecule is CC(C)(O)C(C)(C)OB(O)c1ccnc2ccccc12. The Morgan fingerprint density at radius 2 is 1.75 bits per heavy atom. The Labute approximate surface area is 119 Å². The van der Waals surface area contributed by atoms with Gasteiger partial charge >= 0.3 is 7.12 Å². The van der Waals surface area contributed by atoms with Crippen molar-refractivity contribution in [2.75, 3.05) is 0 Å². The highest BCUT2D eigenvalue weighted by Gasteiger charge is 2.39. The summed E-state index contributed by atoms with van der Waals surface area (Å²) in [5, 5.41) is 21.3. The largest absolute Gasteiger partial charge is 0.492 e. The van der Waals surface area contributed by atoms with Crippen LogP contribution in [0.2, 0.25) is 0 Å². The van der Waals surface area contributed by atoms with Crippen LogP contribution in [0.4, 0.5) is 0 Å². The molecule has 0 amide bonds. The lowest BCUT2D eigenvalue weighted by molar-refractivity contribution is -0.0982. The number of benzene rings is 1. The van der Waals surface area contributed by atoms with Gasteiger partial charge in [0.2, 0.25) is 0 Å². The molecular weight excluding hydrogens is 253 g/mol. The van der Waals surface area contributed by atoms with E-state index in [1.165, 1.54) is 0 Å². The number of aromatic nitrogens is 1. The second kappa shape index (κ2) is 5.16. The van der Waals surface area contributed by atoms with Gasteiger partial charge in [-0.1, -0.05) is 18.2 Å². The van der Waals surface area contributed by atoms with Gasteiger partial charge in [0.05, 0.1) is 16.7 Å². The van der Waals surface area contributed by atoms with E-state index >= 15 is 0 Å². The summed E-state index contributed by atoms with van der Waals surface area (Å²) in [7, 11) is -1.12. The van der Waals surface area contributed by atoms with Gasteiger partial charge in [0.15, 0.2) is 0 Å². The van der Waals surface area contributed by atoms with Crippen LogP contribution in [0.1, 0.15) is 27.7 Å². The lowest BCUT2D eigenvalue weighted by Gasteiger charge is -2.38. The molecule has 0 saturated heterocycles. The summed E-state index contributed by atoms with van der Waals surface area (Å²) in [5.41, 5.74) is -0.519. The zero-order valence-corrected chi connectivity index (χ0v) is 12.3. The van der Waals surface area contributed by atoms with E-state index < -0.39 is 18.3 Å². The maximum absolute atomic E-state index is 10.4. The van der Waals surface area contributed by atoms with Gasteiger partial charge in [0.1, 0.15) is 0 Å². The molecule has 0 saturated carbocycles. The number of nitrogens with zero attached hydrogens (tertiary/aromatic N) is 1. The van der Waals surface area contributed by atoms with Crippen LogP contribution in [0, 0.1) is 0 Å². The van der Waals surface area contributed by atoms with Crippen molar-refractivity contribution in [3.63, 3.8) is 0 Å². The smallest absolute Gasteiger partial charge is 0.423 e. The average molecular weight is 273 g/mol. The molecule has 0 bridgehead atoms. The maximum atomic E-state index is 10.4. The molecule has 106 valence electrons. The van der Waals surface area contributed by atoms with Crippen molar-refractivity contribution in [3.05, 3.63) is 36.5 Å². The molecule has 1 aromatic carbocycles. The maximum Gasteiger partial charge on any atom is 0.492 e. The summed E-state index contributed by atoms with van der Waals surface area (Å²) < 4.78 is 5.67. The monoisotopic (exact) mass is 273 g/mol. The van der Waals surface area contributed by atoms with Crippen LogP contribution in [-0.4, -0.2) is 33.4 Å². The summed E-state index contributed by atoms with van der Waals surface area (Å²) >= 11 is 0. The Balaban J connectivity index is 2.35. The first-order valence-corrected chi connectivity index (χ1v) is 6.64. The fraction of sp³-hybridized carbons (Fsp3) is 0.400. The Kier molecular flexibility index (Phi) is 3.87. The third-order valence-corrected chi connectivity index (χ3v) is 3.83. The van der Waals surface area contributed by atoms with E-state index in [4.69, 9.17) is 4.65 Å². The van der Waals surface area contributed by atoms with Gasteiger partial charge in [0, 0.05) is 6.20 Å². The highest BCUT2D eigenvalue weighted by molar-refractivity contribution is 6.63. The minimum atomic E-state index is -1.12. The molecule has 4 nitrogen and oxygen atoms in total. The van der Waals surface area contributed by atoms with Crippen molar-refractivity contribution in [1.82, 2.24) is 4.98 Å². The molecule has 0 aliphatic heterocycles. The second-order valence-electron chi connectivity index (χ2n) is 5.96. The molecule has 0 aliphatic rings. The first-order valence-electron chi connectivity index (χ1n) is 6.64. The highest BCUT2D eigenvalue weighted by Crippen LogP contribution is 2.25. The Bertz CT molecular complexity index is 602. The first-order chi connectivity index (χ1) is 9.22. The molecular formula is C15H20BNO3. The van der Waals surface area contributed by atoms with Crippen molar-refractivity contribution in [1.29, 1.82) is 0 Å². The number of fused-ring (bicyclic) bond motifs is 1. The van der Waals surface area contributed by atoms with Crippen molar-refractivity contribution in [3.8, 4) is 0 Å². The van der Waals surface area contributed by atoms with Gasteiger partial charge in [-0.25, -0.2) is 0 Å². The molecule has 0 spiro atoms. The van der Waals surface area contributed by atoms with Crippen LogP contribution < -0.4 is 5.46 Å². The number of hydrogen-bond acceptors (Lipinski definition) is 4. The molecule has 2 rings (SSSR count). The molecule has 0 unspecified atom stereocenters. The molecule has 0 aliphatic carbocycles. The van der Waals surface area contributed by atoms with Gasteiger partial charge in [-0.3, -0.25) is 4.98 Å². The van der Waals surface area contributed by atoms with Crippen LogP contribution >= 0.6 is 0 Å². The topological polar surface area (TPSA) is 62.6 Å². The van der Waals surface area contributed by atoms with E-state index in [9.17, 15) is 10.1 Å². The quantitative estimate of drug-likeness (QED) is 0.828. The van der Waals surface area contributed by atoms with Crippen molar-refractivity contribution >= 4 is 23.5 Å². The minimum Gasteiger partial charge on any atom is -0.423 e. The molecule has 2 aromatic rings. The lowest BCUT2D eigenvalue weighted by atomic mass is 9.75. The molecule has 2 N–H and O–H groups in total. The van der Waals surface area contributed by atoms with Crippen LogP contribution in [0.15, 0.2) is 36.5 Å². The number of aliphatic hydroxyl groups is 1. The van der Waals surface area contributed by atoms with Gasteiger partial charge in [0.25, 0.3) is 0 Å². The van der Waals surface area contributed by atoms with E-state index in [-0.39, 0.29) is 0 Å². The highest BCUT2D eigenvalue weighted by atomic mass is 16.5. The standard InChI is InChI=1S/C15H20BNO3/c1-14(2,18)15(3,4)20-16(19)12-9-10-17-13-8-6-5-7-11(12)13/h5-10,18-19H,1-4H3. The van der Waals surface area contributed by atoms with E-state index in [0.29, 0.717) is 5.46 Å². The van der Waals surface area contributed by atoms with Crippen molar-refractivity contribution < 1.29 is 14.8 Å². The molecule has 20 heavy (non-hydrogen) atoms. The molecule has 0 atom stereocenters. The summed E-state index contributed by atoms with van der Waals surface area (Å²) in [6.45, 7) is 6.81. The van der Waals surface area contributed by atoms with Gasteiger partial charge in [-0.2, -0.15) is 0 Å². The van der Waals surface area contributed by atoms with Gasteiger partial charge in [-0.15, -0.1) is 0 Å². The third-order valence-electron chi connectivity index (χ3n) is 3.83. The summed E-state index contributed by atoms with van der Waals surface area (Å²) in [6.07, 6.45) is 1.64. The first kappa shape index (κ1) is 15.0. The van der Waals surface area contributed by atoms with Gasteiger partial charge < -0.3 is 14.8 Å². The zero-order valence-electron chi connectivity index (χ0n) is 12.3. The number of para-hydroxylation sites is 1. The Hall–Kier alpha value is -1.43. The fourth-order valence-electron chi connectivity index (χ4n) is 1.82. The van der Waals surface area contributed by atoms with Crippen LogP contribution in [0.3, 0.4) is 0 Å². The van der Waals surface area contributed by atoms with Gasteiger partial charge in [-0.05, 0) is 50.7 Å². The zero-order chi connectivity index (χ0) is 15.0. The van der Waals surface area contributed by atoms with Crippen molar-refractivity contribution in [2.24, 2.45) is 0 Å². The van der Waals surface area contributed by atoms with E-state index in [1.807, 2.05) is 24.3 Å². The molecule has 5 heteroatoms. The number of pyridine rings is 1. The average Bonchev–Trinajstić information content (AvgIpc) is 2.36. The summed E-state index contributed by atoms with van der Waals surface area (Å²) in [6, 6.07) is 9.29. The number of rotatable bonds is 4. The third kappa shape index (κ3) is 2.85. The lowest BCUT2D eigenvalue weighted by Crippen LogP contribution is -2.53.